The first kappa shape index (κ1) is 23.8. The summed E-state index contributed by atoms with van der Waals surface area (Å²) in [6.45, 7) is 4.82. The topological polar surface area (TPSA) is 152 Å². The van der Waals surface area contributed by atoms with E-state index in [9.17, 15) is 14.4 Å². The van der Waals surface area contributed by atoms with Gasteiger partial charge in [0.05, 0.1) is 0 Å². The summed E-state index contributed by atoms with van der Waals surface area (Å²) >= 11 is 0. The van der Waals surface area contributed by atoms with E-state index in [1.807, 2.05) is 6.92 Å². The average Bonchev–Trinajstić information content (AvgIpc) is 2.59. The van der Waals surface area contributed by atoms with E-state index in [4.69, 9.17) is 20.1 Å². The molecule has 0 aliphatic heterocycles. The summed E-state index contributed by atoms with van der Waals surface area (Å²) in [4.78, 5) is 44.3. The van der Waals surface area contributed by atoms with Crippen molar-refractivity contribution < 1.29 is 23.9 Å². The Kier molecular flexibility index (Phi) is 9.54. The number of carbonyl (C=O) groups is 3. The highest BCUT2D eigenvalue weighted by Crippen LogP contribution is 2.21. The van der Waals surface area contributed by atoms with Crippen LogP contribution in [0.5, 0.6) is 0 Å². The van der Waals surface area contributed by atoms with Crippen LogP contribution in [0.15, 0.2) is 33.5 Å². The van der Waals surface area contributed by atoms with E-state index < -0.39 is 17.6 Å². The second-order valence-corrected chi connectivity index (χ2v) is 6.51. The van der Waals surface area contributed by atoms with Gasteiger partial charge >= 0.3 is 5.63 Å². The lowest BCUT2D eigenvalue weighted by atomic mass is 10.1. The van der Waals surface area contributed by atoms with Crippen molar-refractivity contribution in [2.24, 2.45) is 5.73 Å². The van der Waals surface area contributed by atoms with Gasteiger partial charge in [-0.1, -0.05) is 0 Å². The standard InChI is InChI=1S/C18H23N3O4.C2H4O2/c1-11-9-17(23)25-16-10-13(6-7-14(11)16)21-18(24)15(20-12(2)22)5-3-4-8-19;1-2(3)4/h6-7,9-10,15H,3-5,8,19H2,1-2H3,(H,20,22)(H,21,24);1H3,(H,3,4)/t15-;/m0./s1. The molecule has 29 heavy (non-hydrogen) atoms. The van der Waals surface area contributed by atoms with Crippen molar-refractivity contribution in [1.29, 1.82) is 0 Å². The Morgan fingerprint density at radius 2 is 1.83 bits per heavy atom. The number of aliphatic carboxylic acids is 1. The van der Waals surface area contributed by atoms with Gasteiger partial charge < -0.3 is 25.9 Å². The molecule has 0 radical (unpaired) electrons. The first-order chi connectivity index (χ1) is 13.6. The largest absolute Gasteiger partial charge is 0.481 e. The lowest BCUT2D eigenvalue weighted by Gasteiger charge is -2.17. The third kappa shape index (κ3) is 8.56. The lowest BCUT2D eigenvalue weighted by molar-refractivity contribution is -0.134. The fourth-order valence-corrected chi connectivity index (χ4v) is 2.64. The van der Waals surface area contributed by atoms with Crippen LogP contribution in [0.3, 0.4) is 0 Å². The number of nitrogens with one attached hydrogen (secondary N) is 2. The summed E-state index contributed by atoms with van der Waals surface area (Å²) < 4.78 is 5.18. The molecule has 1 atom stereocenters. The third-order valence-electron chi connectivity index (χ3n) is 3.86. The van der Waals surface area contributed by atoms with Crippen LogP contribution in [-0.2, 0) is 14.4 Å². The van der Waals surface area contributed by atoms with Crippen molar-refractivity contribution >= 4 is 34.4 Å². The molecule has 9 heteroatoms. The zero-order valence-corrected chi connectivity index (χ0v) is 16.8. The molecule has 2 aromatic rings. The molecule has 0 fully saturated rings. The summed E-state index contributed by atoms with van der Waals surface area (Å²) in [6.07, 6.45) is 2.02. The summed E-state index contributed by atoms with van der Waals surface area (Å²) in [6, 6.07) is 5.91. The number of nitrogens with two attached hydrogens (primary N) is 1. The van der Waals surface area contributed by atoms with Crippen LogP contribution in [0.1, 0.15) is 38.7 Å². The van der Waals surface area contributed by atoms with Gasteiger partial charge in [-0.25, -0.2) is 4.79 Å². The molecule has 2 rings (SSSR count). The highest BCUT2D eigenvalue weighted by Gasteiger charge is 2.19. The third-order valence-corrected chi connectivity index (χ3v) is 3.86. The second-order valence-electron chi connectivity index (χ2n) is 6.51. The quantitative estimate of drug-likeness (QED) is 0.404. The van der Waals surface area contributed by atoms with Crippen molar-refractivity contribution in [3.05, 3.63) is 40.2 Å². The monoisotopic (exact) mass is 405 g/mol. The van der Waals surface area contributed by atoms with Crippen molar-refractivity contribution in [1.82, 2.24) is 5.32 Å². The summed E-state index contributed by atoms with van der Waals surface area (Å²) in [5, 5.41) is 13.6. The molecule has 5 N–H and O–H groups in total. The number of amides is 2. The molecule has 0 bridgehead atoms. The van der Waals surface area contributed by atoms with E-state index >= 15 is 0 Å². The number of carbonyl (C=O) groups excluding carboxylic acids is 2. The number of carboxylic acid groups (broad SMARTS) is 1. The first-order valence-corrected chi connectivity index (χ1v) is 9.16. The molecule has 2 amide bonds. The number of fused-ring (bicyclic) bond motifs is 1. The van der Waals surface area contributed by atoms with Gasteiger partial charge in [-0.2, -0.15) is 0 Å². The van der Waals surface area contributed by atoms with Gasteiger partial charge in [-0.05, 0) is 50.4 Å². The Hall–Kier alpha value is -3.20. The zero-order chi connectivity index (χ0) is 22.0. The van der Waals surface area contributed by atoms with E-state index in [0.29, 0.717) is 24.2 Å². The van der Waals surface area contributed by atoms with Gasteiger partial charge in [0.1, 0.15) is 11.6 Å². The predicted molar refractivity (Wildman–Crippen MR) is 110 cm³/mol. The van der Waals surface area contributed by atoms with E-state index in [-0.39, 0.29) is 11.8 Å². The number of hydrogen-bond acceptors (Lipinski definition) is 6. The maximum absolute atomic E-state index is 12.5. The SMILES string of the molecule is CC(=O)N[C@@H](CCCCN)C(=O)Nc1ccc2c(C)cc(=O)oc2c1.CC(=O)O. The van der Waals surface area contributed by atoms with E-state index in [1.165, 1.54) is 13.0 Å². The van der Waals surface area contributed by atoms with E-state index in [0.717, 1.165) is 30.7 Å². The first-order valence-electron chi connectivity index (χ1n) is 9.16. The van der Waals surface area contributed by atoms with Crippen molar-refractivity contribution in [3.8, 4) is 0 Å². The van der Waals surface area contributed by atoms with Crippen molar-refractivity contribution in [2.75, 3.05) is 11.9 Å². The Bertz CT molecular complexity index is 918. The minimum atomic E-state index is -0.833. The van der Waals surface area contributed by atoms with Crippen LogP contribution in [0.25, 0.3) is 11.0 Å². The Morgan fingerprint density at radius 1 is 1.17 bits per heavy atom. The van der Waals surface area contributed by atoms with E-state index in [1.54, 1.807) is 18.2 Å². The Balaban J connectivity index is 0.000000960. The molecule has 1 aromatic heterocycles. The van der Waals surface area contributed by atoms with Gasteiger partial charge in [-0.3, -0.25) is 14.4 Å². The summed E-state index contributed by atoms with van der Waals surface area (Å²) in [7, 11) is 0. The molecule has 0 saturated heterocycles. The highest BCUT2D eigenvalue weighted by molar-refractivity contribution is 5.98. The van der Waals surface area contributed by atoms with Crippen LogP contribution < -0.4 is 22.0 Å². The molecule has 0 aliphatic rings. The summed E-state index contributed by atoms with van der Waals surface area (Å²) in [5.41, 5.74) is 6.74. The fraction of sp³-hybridized carbons (Fsp3) is 0.400. The summed E-state index contributed by atoms with van der Waals surface area (Å²) in [5.74, 6) is -1.42. The Morgan fingerprint density at radius 3 is 2.41 bits per heavy atom. The van der Waals surface area contributed by atoms with Crippen LogP contribution in [0, 0.1) is 6.92 Å². The molecule has 0 spiro atoms. The predicted octanol–water partition coefficient (Wildman–Crippen LogP) is 1.76. The average molecular weight is 405 g/mol. The molecule has 158 valence electrons. The van der Waals surface area contributed by atoms with Crippen molar-refractivity contribution in [2.45, 2.75) is 46.1 Å². The second kappa shape index (κ2) is 11.6. The molecule has 0 aliphatic carbocycles. The number of unbranched alkanes of at least 4 members (excludes halogenated alkanes) is 1. The van der Waals surface area contributed by atoms with Gasteiger partial charge in [0, 0.05) is 37.1 Å². The van der Waals surface area contributed by atoms with Crippen molar-refractivity contribution in [3.63, 3.8) is 0 Å². The zero-order valence-electron chi connectivity index (χ0n) is 16.8. The van der Waals surface area contributed by atoms with Gasteiger partial charge in [-0.15, -0.1) is 0 Å². The maximum Gasteiger partial charge on any atom is 0.336 e. The van der Waals surface area contributed by atoms with Crippen LogP contribution >= 0.6 is 0 Å². The molecule has 0 unspecified atom stereocenters. The molecule has 1 heterocycles. The molecule has 0 saturated carbocycles. The minimum absolute atomic E-state index is 0.270. The number of carboxylic acids is 1. The lowest BCUT2D eigenvalue weighted by Crippen LogP contribution is -2.42. The highest BCUT2D eigenvalue weighted by atomic mass is 16.4. The smallest absolute Gasteiger partial charge is 0.336 e. The number of rotatable bonds is 7. The van der Waals surface area contributed by atoms with Crippen LogP contribution in [0.4, 0.5) is 5.69 Å². The number of hydrogen-bond donors (Lipinski definition) is 4. The number of anilines is 1. The van der Waals surface area contributed by atoms with Crippen LogP contribution in [0.2, 0.25) is 0 Å². The fourth-order valence-electron chi connectivity index (χ4n) is 2.64. The Labute approximate surface area is 168 Å². The molecular weight excluding hydrogens is 378 g/mol. The normalized spacial score (nSPS) is 11.2. The van der Waals surface area contributed by atoms with Gasteiger partial charge in [0.25, 0.3) is 5.97 Å². The van der Waals surface area contributed by atoms with Gasteiger partial charge in [0.2, 0.25) is 11.8 Å². The molecular formula is C20H27N3O6. The van der Waals surface area contributed by atoms with Gasteiger partial charge in [0.15, 0.2) is 0 Å². The number of benzene rings is 1. The molecule has 9 nitrogen and oxygen atoms in total. The number of aryl methyl sites for hydroxylation is 1. The minimum Gasteiger partial charge on any atom is -0.481 e. The molecule has 1 aromatic carbocycles. The maximum atomic E-state index is 12.5. The van der Waals surface area contributed by atoms with Crippen LogP contribution in [-0.4, -0.2) is 35.5 Å². The van der Waals surface area contributed by atoms with E-state index in [2.05, 4.69) is 10.6 Å².